The van der Waals surface area contributed by atoms with Crippen molar-refractivity contribution in [3.05, 3.63) is 36.0 Å². The summed E-state index contributed by atoms with van der Waals surface area (Å²) in [4.78, 5) is 17.1. The highest BCUT2D eigenvalue weighted by Crippen LogP contribution is 2.15. The van der Waals surface area contributed by atoms with E-state index in [-0.39, 0.29) is 5.91 Å². The summed E-state index contributed by atoms with van der Waals surface area (Å²) in [6, 6.07) is 7.77. The van der Waals surface area contributed by atoms with Crippen molar-refractivity contribution in [3.8, 4) is 0 Å². The molecular weight excluding hydrogens is 244 g/mol. The van der Waals surface area contributed by atoms with E-state index in [4.69, 9.17) is 0 Å². The lowest BCUT2D eigenvalue weighted by Gasteiger charge is -2.16. The Bertz CT molecular complexity index is 535. The summed E-state index contributed by atoms with van der Waals surface area (Å²) in [7, 11) is 1.87. The summed E-state index contributed by atoms with van der Waals surface area (Å²) in [5.41, 5.74) is 1.82. The van der Waals surface area contributed by atoms with Crippen LogP contribution in [0.5, 0.6) is 0 Å². The second-order valence-corrected chi connectivity index (χ2v) is 5.34. The fourth-order valence-corrected chi connectivity index (χ4v) is 2.37. The lowest BCUT2D eigenvalue weighted by atomic mass is 10.1. The largest absolute Gasteiger partial charge is 0.361 e. The lowest BCUT2D eigenvalue weighted by Crippen LogP contribution is -2.28. The third-order valence-corrected chi connectivity index (χ3v) is 3.69. The van der Waals surface area contributed by atoms with Gasteiger partial charge in [0.15, 0.2) is 0 Å². The van der Waals surface area contributed by atoms with Crippen LogP contribution in [0.2, 0.25) is 0 Å². The number of nitrogens with one attached hydrogen (secondary N) is 1. The van der Waals surface area contributed by atoms with Crippen LogP contribution in [0.25, 0.3) is 10.9 Å². The molecule has 0 atom stereocenters. The molecule has 0 aliphatic carbocycles. The maximum atomic E-state index is 12.2. The number of carbonyl (C=O) groups excluding carboxylic acids is 1. The smallest absolute Gasteiger partial charge is 0.253 e. The number of fused-ring (bicyclic) bond motifs is 1. The van der Waals surface area contributed by atoms with Crippen LogP contribution in [0.1, 0.15) is 16.8 Å². The van der Waals surface area contributed by atoms with Gasteiger partial charge in [-0.3, -0.25) is 4.79 Å². The summed E-state index contributed by atoms with van der Waals surface area (Å²) >= 11 is 1.81. The van der Waals surface area contributed by atoms with Crippen molar-refractivity contribution < 1.29 is 4.79 Å². The number of carbonyl (C=O) groups is 1. The molecule has 0 unspecified atom stereocenters. The zero-order chi connectivity index (χ0) is 13.0. The molecule has 0 bridgehead atoms. The quantitative estimate of drug-likeness (QED) is 0.841. The van der Waals surface area contributed by atoms with Gasteiger partial charge in [0, 0.05) is 36.3 Å². The molecule has 1 aromatic carbocycles. The number of thioether (sulfide) groups is 1. The molecule has 18 heavy (non-hydrogen) atoms. The van der Waals surface area contributed by atoms with Gasteiger partial charge in [0.05, 0.1) is 0 Å². The van der Waals surface area contributed by atoms with E-state index in [1.807, 2.05) is 49.3 Å². The van der Waals surface area contributed by atoms with Gasteiger partial charge >= 0.3 is 0 Å². The molecule has 96 valence electrons. The molecule has 2 aromatic rings. The Morgan fingerprint density at radius 1 is 1.39 bits per heavy atom. The zero-order valence-corrected chi connectivity index (χ0v) is 11.6. The molecule has 0 saturated heterocycles. The Kier molecular flexibility index (Phi) is 4.31. The molecular formula is C14H18N2OS. The summed E-state index contributed by atoms with van der Waals surface area (Å²) in [6.45, 7) is 0.810. The Balaban J connectivity index is 2.07. The molecule has 0 saturated carbocycles. The molecule has 0 aliphatic heterocycles. The Labute approximate surface area is 112 Å². The first-order chi connectivity index (χ1) is 8.72. The van der Waals surface area contributed by atoms with Gasteiger partial charge < -0.3 is 9.88 Å². The number of rotatable bonds is 5. The first kappa shape index (κ1) is 13.0. The lowest BCUT2D eigenvalue weighted by molar-refractivity contribution is 0.0795. The highest BCUT2D eigenvalue weighted by molar-refractivity contribution is 7.98. The number of H-pyrrole nitrogens is 1. The van der Waals surface area contributed by atoms with Gasteiger partial charge in [-0.2, -0.15) is 11.8 Å². The first-order valence-electron chi connectivity index (χ1n) is 6.04. The molecule has 3 nitrogen and oxygen atoms in total. The van der Waals surface area contributed by atoms with Crippen molar-refractivity contribution in [2.45, 2.75) is 6.42 Å². The van der Waals surface area contributed by atoms with Crippen LogP contribution >= 0.6 is 11.8 Å². The number of hydrogen-bond acceptors (Lipinski definition) is 2. The van der Waals surface area contributed by atoms with E-state index in [1.54, 1.807) is 4.90 Å². The van der Waals surface area contributed by atoms with Crippen LogP contribution in [-0.2, 0) is 0 Å². The van der Waals surface area contributed by atoms with Crippen LogP contribution in [0.15, 0.2) is 30.5 Å². The van der Waals surface area contributed by atoms with E-state index in [9.17, 15) is 4.79 Å². The second-order valence-electron chi connectivity index (χ2n) is 4.35. The highest BCUT2D eigenvalue weighted by Gasteiger charge is 2.11. The molecule has 1 N–H and O–H groups in total. The average molecular weight is 262 g/mol. The Hall–Kier alpha value is -1.42. The minimum Gasteiger partial charge on any atom is -0.361 e. The highest BCUT2D eigenvalue weighted by atomic mass is 32.2. The van der Waals surface area contributed by atoms with Gasteiger partial charge in [0.2, 0.25) is 0 Å². The molecule has 1 heterocycles. The number of benzene rings is 1. The van der Waals surface area contributed by atoms with Crippen molar-refractivity contribution in [1.29, 1.82) is 0 Å². The molecule has 1 aromatic heterocycles. The topological polar surface area (TPSA) is 36.1 Å². The molecule has 2 rings (SSSR count). The molecule has 0 aliphatic rings. The molecule has 0 fully saturated rings. The van der Waals surface area contributed by atoms with E-state index in [1.165, 1.54) is 0 Å². The third-order valence-electron chi connectivity index (χ3n) is 2.99. The number of amides is 1. The predicted octanol–water partition coefficient (Wildman–Crippen LogP) is 2.99. The van der Waals surface area contributed by atoms with Gasteiger partial charge in [0.1, 0.15) is 0 Å². The van der Waals surface area contributed by atoms with Gasteiger partial charge in [-0.15, -0.1) is 0 Å². The normalized spacial score (nSPS) is 10.8. The standard InChI is InChI=1S/C14H18N2OS/c1-16(8-3-9-18-2)14(17)12-4-5-13-11(10-12)6-7-15-13/h4-7,10,15H,3,8-9H2,1-2H3. The fraction of sp³-hybridized carbons (Fsp3) is 0.357. The van der Waals surface area contributed by atoms with Gasteiger partial charge in [-0.25, -0.2) is 0 Å². The minimum absolute atomic E-state index is 0.0965. The fourth-order valence-electron chi connectivity index (χ4n) is 1.95. The van der Waals surface area contributed by atoms with Gasteiger partial charge in [0.25, 0.3) is 5.91 Å². The molecule has 0 radical (unpaired) electrons. The summed E-state index contributed by atoms with van der Waals surface area (Å²) in [5.74, 6) is 1.19. The van der Waals surface area contributed by atoms with E-state index >= 15 is 0 Å². The molecule has 0 spiro atoms. The third kappa shape index (κ3) is 2.88. The minimum atomic E-state index is 0.0965. The predicted molar refractivity (Wildman–Crippen MR) is 78.3 cm³/mol. The Morgan fingerprint density at radius 2 is 2.22 bits per heavy atom. The van der Waals surface area contributed by atoms with Gasteiger partial charge in [-0.1, -0.05) is 0 Å². The summed E-state index contributed by atoms with van der Waals surface area (Å²) in [5, 5.41) is 1.08. The Morgan fingerprint density at radius 3 is 3.00 bits per heavy atom. The van der Waals surface area contributed by atoms with Crippen molar-refractivity contribution in [1.82, 2.24) is 9.88 Å². The summed E-state index contributed by atoms with van der Waals surface area (Å²) in [6.07, 6.45) is 5.01. The summed E-state index contributed by atoms with van der Waals surface area (Å²) < 4.78 is 0. The number of aromatic nitrogens is 1. The van der Waals surface area contributed by atoms with Gasteiger partial charge in [-0.05, 0) is 42.7 Å². The van der Waals surface area contributed by atoms with Crippen molar-refractivity contribution >= 4 is 28.6 Å². The second kappa shape index (κ2) is 5.96. The first-order valence-corrected chi connectivity index (χ1v) is 7.43. The van der Waals surface area contributed by atoms with Crippen LogP contribution in [-0.4, -0.2) is 41.4 Å². The van der Waals surface area contributed by atoms with Crippen molar-refractivity contribution in [2.24, 2.45) is 0 Å². The van der Waals surface area contributed by atoms with E-state index in [2.05, 4.69) is 11.2 Å². The monoisotopic (exact) mass is 262 g/mol. The van der Waals surface area contributed by atoms with Crippen LogP contribution in [0.3, 0.4) is 0 Å². The van der Waals surface area contributed by atoms with E-state index < -0.39 is 0 Å². The molecule has 1 amide bonds. The van der Waals surface area contributed by atoms with E-state index in [0.29, 0.717) is 0 Å². The average Bonchev–Trinajstić information content (AvgIpc) is 2.85. The van der Waals surface area contributed by atoms with Crippen LogP contribution in [0.4, 0.5) is 0 Å². The van der Waals surface area contributed by atoms with Crippen molar-refractivity contribution in [2.75, 3.05) is 25.6 Å². The number of hydrogen-bond donors (Lipinski definition) is 1. The molecule has 4 heteroatoms. The SMILES string of the molecule is CSCCCN(C)C(=O)c1ccc2[nH]ccc2c1. The van der Waals surface area contributed by atoms with E-state index in [0.717, 1.165) is 35.2 Å². The van der Waals surface area contributed by atoms with Crippen LogP contribution < -0.4 is 0 Å². The maximum Gasteiger partial charge on any atom is 0.253 e. The number of nitrogens with zero attached hydrogens (tertiary/aromatic N) is 1. The number of aromatic amines is 1. The zero-order valence-electron chi connectivity index (χ0n) is 10.8. The van der Waals surface area contributed by atoms with Crippen molar-refractivity contribution in [3.63, 3.8) is 0 Å². The van der Waals surface area contributed by atoms with Crippen LogP contribution in [0, 0.1) is 0 Å². The maximum absolute atomic E-state index is 12.2.